The summed E-state index contributed by atoms with van der Waals surface area (Å²) in [4.78, 5) is 9.24. The van der Waals surface area contributed by atoms with Crippen LogP contribution in [0.15, 0.2) is 0 Å². The molecular weight excluding hydrogens is 56.0 g/mol. The van der Waals surface area contributed by atoms with Crippen LogP contribution >= 0.6 is 0 Å². The highest BCUT2D eigenvalue weighted by Gasteiger charge is 1.44. The summed E-state index contributed by atoms with van der Waals surface area (Å²) < 4.78 is 22.2. The number of ether oxygens (including phenoxy) is 1. The Labute approximate surface area is 28.6 Å². The van der Waals surface area contributed by atoms with Crippen molar-refractivity contribution in [2.24, 2.45) is 0 Å². The molecule has 0 radical (unpaired) electrons. The van der Waals surface area contributed by atoms with Crippen LogP contribution < -0.4 is 0 Å². The van der Waals surface area contributed by atoms with E-state index in [1.807, 2.05) is 0 Å². The summed E-state index contributed by atoms with van der Waals surface area (Å²) in [5.41, 5.74) is 0. The van der Waals surface area contributed by atoms with Crippen molar-refractivity contribution >= 4 is 6.47 Å². The van der Waals surface area contributed by atoms with Crippen LogP contribution in [0, 0.1) is 0 Å². The summed E-state index contributed by atoms with van der Waals surface area (Å²) in [7, 11) is -2.57. The Morgan fingerprint density at radius 1 is 2.50 bits per heavy atom. The van der Waals surface area contributed by atoms with Crippen molar-refractivity contribution in [3.63, 3.8) is 0 Å². The largest absolute Gasteiger partial charge is 0.471 e. The Kier molecular flexibility index (Phi) is 0.437. The van der Waals surface area contributed by atoms with Gasteiger partial charge in [0.2, 0.25) is 0 Å². The Hall–Kier alpha value is -0.530. The average molecular weight is 63.1 g/mol. The average Bonchev–Trinajstić information content (AvgIpc) is 1.30. The maximum absolute atomic E-state index is 9.24. The van der Waals surface area contributed by atoms with Crippen LogP contribution in [0.5, 0.6) is 0 Å². The third kappa shape index (κ3) is 1.47. The van der Waals surface area contributed by atoms with E-state index in [9.17, 15) is 4.79 Å². The molecule has 0 aliphatic heterocycles. The number of rotatable bonds is 1. The molecule has 0 aliphatic rings. The summed E-state index contributed by atoms with van der Waals surface area (Å²) in [5.74, 6) is 0. The Balaban J connectivity index is 3.34. The Morgan fingerprint density at radius 3 is 3.25 bits per heavy atom. The quantitative estimate of drug-likeness (QED) is 0.393. The first kappa shape index (κ1) is 0.708. The van der Waals surface area contributed by atoms with Crippen molar-refractivity contribution in [1.29, 1.82) is 0 Å². The fourth-order valence-corrected chi connectivity index (χ4v) is 0. The molecule has 0 aromatic heterocycles. The minimum atomic E-state index is -2.57. The molecule has 0 amide bonds. The lowest BCUT2D eigenvalue weighted by Gasteiger charge is -1.67. The maximum atomic E-state index is 9.24. The number of hydrogen-bond donors (Lipinski definition) is 0. The zero-order chi connectivity index (χ0) is 5.91. The van der Waals surface area contributed by atoms with Gasteiger partial charge in [0.05, 0.1) is 11.2 Å². The highest BCUT2D eigenvalue weighted by Crippen LogP contribution is 1.35. The normalized spacial score (nSPS) is 19.5. The van der Waals surface area contributed by atoms with E-state index in [1.165, 1.54) is 0 Å². The number of methoxy groups -OCH3 is 1. The molecule has 0 bridgehead atoms. The molecule has 0 heterocycles. The van der Waals surface area contributed by atoms with Gasteiger partial charge < -0.3 is 4.74 Å². The molecule has 0 aromatic carbocycles. The lowest BCUT2D eigenvalue weighted by molar-refractivity contribution is -0.126. The lowest BCUT2D eigenvalue weighted by Crippen LogP contribution is -1.68. The summed E-state index contributed by atoms with van der Waals surface area (Å²) in [6.45, 7) is -0.104. The molecule has 0 rings (SSSR count). The van der Waals surface area contributed by atoms with E-state index in [1.54, 1.807) is 0 Å². The van der Waals surface area contributed by atoms with Gasteiger partial charge in [-0.2, -0.15) is 0 Å². The summed E-state index contributed by atoms with van der Waals surface area (Å²) in [5, 5.41) is 0. The maximum Gasteiger partial charge on any atom is 0.292 e. The predicted octanol–water partition coefficient (Wildman–Crippen LogP) is -0.211. The van der Waals surface area contributed by atoms with Gasteiger partial charge >= 0.3 is 0 Å². The third-order valence-electron chi connectivity index (χ3n) is 0.0481. The number of carbonyl (C=O) groups is 1. The molecule has 0 saturated heterocycles. The van der Waals surface area contributed by atoms with Crippen molar-refractivity contribution in [2.75, 3.05) is 7.04 Å². The number of carbonyl (C=O) groups excluding carboxylic acids is 1. The van der Waals surface area contributed by atoms with Crippen LogP contribution in [-0.4, -0.2) is 13.5 Å². The molecule has 0 saturated carbocycles. The smallest absolute Gasteiger partial charge is 0.292 e. The van der Waals surface area contributed by atoms with Crippen molar-refractivity contribution in [1.82, 2.24) is 0 Å². The molecule has 0 aliphatic carbocycles. The lowest BCUT2D eigenvalue weighted by atomic mass is 11.5. The molecule has 0 N–H and O–H groups in total. The first-order valence-corrected chi connectivity index (χ1v) is 0.676. The highest BCUT2D eigenvalue weighted by atomic mass is 16.5. The van der Waals surface area contributed by atoms with E-state index in [-0.39, 0.29) is 6.47 Å². The van der Waals surface area contributed by atoms with Crippen LogP contribution in [0.2, 0.25) is 0 Å². The topological polar surface area (TPSA) is 26.3 Å². The first-order valence-electron chi connectivity index (χ1n) is 2.18. The van der Waals surface area contributed by atoms with Crippen molar-refractivity contribution in [3.8, 4) is 0 Å². The van der Waals surface area contributed by atoms with E-state index >= 15 is 0 Å². The van der Waals surface area contributed by atoms with E-state index in [0.717, 1.165) is 0 Å². The van der Waals surface area contributed by atoms with Crippen LogP contribution in [0.3, 0.4) is 0 Å². The predicted molar refractivity (Wildman–Crippen MR) is 13.1 cm³/mol. The van der Waals surface area contributed by atoms with Gasteiger partial charge in [0, 0.05) is 0 Å². The molecule has 0 aromatic rings. The van der Waals surface area contributed by atoms with Crippen molar-refractivity contribution in [2.45, 2.75) is 0 Å². The van der Waals surface area contributed by atoms with Crippen LogP contribution in [0.4, 0.5) is 0 Å². The second-order valence-electron chi connectivity index (χ2n) is 0.214. The van der Waals surface area contributed by atoms with E-state index in [2.05, 4.69) is 4.74 Å². The van der Waals surface area contributed by atoms with E-state index in [4.69, 9.17) is 4.11 Å². The van der Waals surface area contributed by atoms with Gasteiger partial charge in [-0.3, -0.25) is 4.79 Å². The van der Waals surface area contributed by atoms with Gasteiger partial charge in [-0.05, 0) is 0 Å². The van der Waals surface area contributed by atoms with Crippen LogP contribution in [0.1, 0.15) is 4.11 Å². The van der Waals surface area contributed by atoms with Gasteiger partial charge in [0.1, 0.15) is 0 Å². The van der Waals surface area contributed by atoms with Gasteiger partial charge in [-0.25, -0.2) is 0 Å². The SMILES string of the molecule is [2H]C([2H])([2H])OC=O. The molecule has 0 unspecified atom stereocenters. The summed E-state index contributed by atoms with van der Waals surface area (Å²) in [6, 6.07) is 0. The second-order valence-corrected chi connectivity index (χ2v) is 0.214. The van der Waals surface area contributed by atoms with Crippen molar-refractivity contribution < 1.29 is 13.6 Å². The molecule has 2 heteroatoms. The highest BCUT2D eigenvalue weighted by molar-refractivity contribution is 5.36. The molecule has 4 heavy (non-hydrogen) atoms. The zero-order valence-corrected chi connectivity index (χ0v) is 1.89. The molecule has 2 nitrogen and oxygen atoms in total. The fourth-order valence-electron chi connectivity index (χ4n) is 0. The van der Waals surface area contributed by atoms with Crippen LogP contribution in [-0.2, 0) is 9.53 Å². The molecule has 24 valence electrons. The monoisotopic (exact) mass is 63.0 g/mol. The van der Waals surface area contributed by atoms with E-state index in [0.29, 0.717) is 0 Å². The van der Waals surface area contributed by atoms with Crippen LogP contribution in [0.25, 0.3) is 0 Å². The molecule has 0 atom stereocenters. The Morgan fingerprint density at radius 2 is 3.25 bits per heavy atom. The summed E-state index contributed by atoms with van der Waals surface area (Å²) in [6.07, 6.45) is 0. The van der Waals surface area contributed by atoms with Gasteiger partial charge in [0.15, 0.2) is 0 Å². The van der Waals surface area contributed by atoms with E-state index < -0.39 is 7.04 Å². The standard InChI is InChI=1S/C2H4O2/c1-4-2-3/h2H,1H3/i1D3. The van der Waals surface area contributed by atoms with Gasteiger partial charge in [0.25, 0.3) is 6.47 Å². The molecular formula is C2H4O2. The van der Waals surface area contributed by atoms with Gasteiger partial charge in [-0.1, -0.05) is 0 Å². The molecule has 0 spiro atoms. The Bertz CT molecular complexity index is 65.8. The first-order chi connectivity index (χ1) is 3.06. The van der Waals surface area contributed by atoms with Crippen molar-refractivity contribution in [3.05, 3.63) is 0 Å². The molecule has 0 fully saturated rings. The van der Waals surface area contributed by atoms with Gasteiger partial charge in [-0.15, -0.1) is 0 Å². The second kappa shape index (κ2) is 2.47. The minimum Gasteiger partial charge on any atom is -0.471 e. The summed E-state index contributed by atoms with van der Waals surface area (Å²) >= 11 is 0. The fraction of sp³-hybridized carbons (Fsp3) is 0.500. The number of hydrogen-bond acceptors (Lipinski definition) is 2. The third-order valence-corrected chi connectivity index (χ3v) is 0.0481. The zero-order valence-electron chi connectivity index (χ0n) is 4.89. The minimum absolute atomic E-state index is 0.104.